The van der Waals surface area contributed by atoms with Crippen LogP contribution in [0.2, 0.25) is 0 Å². The molecular weight excluding hydrogens is 186 g/mol. The maximum absolute atomic E-state index is 13.2. The summed E-state index contributed by atoms with van der Waals surface area (Å²) in [5.41, 5.74) is 0.426. The van der Waals surface area contributed by atoms with Gasteiger partial charge in [-0.15, -0.1) is 0 Å². The minimum atomic E-state index is -0.563. The lowest BCUT2D eigenvalue weighted by atomic mass is 10.2. The fraction of sp³-hybridized carbons (Fsp3) is 0.100. The van der Waals surface area contributed by atoms with Gasteiger partial charge in [0.2, 0.25) is 0 Å². The third kappa shape index (κ3) is 1.79. The Labute approximate surface area is 79.8 Å². The van der Waals surface area contributed by atoms with Gasteiger partial charge in [0.25, 0.3) is 0 Å². The van der Waals surface area contributed by atoms with E-state index in [-0.39, 0.29) is 0 Å². The summed E-state index contributed by atoms with van der Waals surface area (Å²) in [6, 6.07) is 5.29. The highest BCUT2D eigenvalue weighted by molar-refractivity contribution is 5.18. The van der Waals surface area contributed by atoms with Crippen LogP contribution in [0.3, 0.4) is 0 Å². The summed E-state index contributed by atoms with van der Waals surface area (Å²) >= 11 is 0. The summed E-state index contributed by atoms with van der Waals surface area (Å²) < 4.78 is 27.3. The molecule has 0 N–H and O–H groups in total. The molecule has 1 aromatic carbocycles. The zero-order valence-electron chi connectivity index (χ0n) is 7.32. The van der Waals surface area contributed by atoms with Gasteiger partial charge >= 0.3 is 0 Å². The van der Waals surface area contributed by atoms with Gasteiger partial charge in [-0.05, 0) is 12.1 Å². The molecule has 0 aliphatic carbocycles. The van der Waals surface area contributed by atoms with E-state index in [1.54, 1.807) is 23.1 Å². The summed E-state index contributed by atoms with van der Waals surface area (Å²) in [4.78, 5) is 0. The molecule has 1 aromatic heterocycles. The van der Waals surface area contributed by atoms with E-state index in [2.05, 4.69) is 5.10 Å². The number of aromatic nitrogens is 2. The molecule has 72 valence electrons. The van der Waals surface area contributed by atoms with E-state index in [1.165, 1.54) is 12.1 Å². The van der Waals surface area contributed by atoms with Gasteiger partial charge in [0.1, 0.15) is 11.6 Å². The number of hydrogen-bond acceptors (Lipinski definition) is 1. The van der Waals surface area contributed by atoms with Gasteiger partial charge in [0.05, 0.1) is 6.54 Å². The molecule has 0 spiro atoms. The molecule has 0 bridgehead atoms. The SMILES string of the molecule is Fc1ccc(Cn2cccn2)c(F)c1. The molecule has 0 atom stereocenters. The van der Waals surface area contributed by atoms with Crippen molar-refractivity contribution in [2.24, 2.45) is 0 Å². The quantitative estimate of drug-likeness (QED) is 0.716. The summed E-state index contributed by atoms with van der Waals surface area (Å²) in [6.45, 7) is 0.319. The Hall–Kier alpha value is -1.71. The highest BCUT2D eigenvalue weighted by atomic mass is 19.1. The Morgan fingerprint density at radius 3 is 2.79 bits per heavy atom. The second kappa shape index (κ2) is 3.57. The van der Waals surface area contributed by atoms with Crippen molar-refractivity contribution in [1.29, 1.82) is 0 Å². The first-order chi connectivity index (χ1) is 6.75. The highest BCUT2D eigenvalue weighted by Crippen LogP contribution is 2.10. The summed E-state index contributed by atoms with van der Waals surface area (Å²) in [5.74, 6) is -1.10. The maximum atomic E-state index is 13.2. The van der Waals surface area contributed by atoms with E-state index < -0.39 is 11.6 Å². The van der Waals surface area contributed by atoms with Crippen LogP contribution in [0.25, 0.3) is 0 Å². The molecular formula is C10H8F2N2. The predicted molar refractivity (Wildman–Crippen MR) is 47.7 cm³/mol. The third-order valence-corrected chi connectivity index (χ3v) is 1.91. The van der Waals surface area contributed by atoms with Crippen LogP contribution in [0.1, 0.15) is 5.56 Å². The van der Waals surface area contributed by atoms with Gasteiger partial charge in [-0.3, -0.25) is 4.68 Å². The molecule has 2 aromatic rings. The van der Waals surface area contributed by atoms with Crippen LogP contribution in [-0.4, -0.2) is 9.78 Å². The van der Waals surface area contributed by atoms with Crippen molar-refractivity contribution in [3.8, 4) is 0 Å². The predicted octanol–water partition coefficient (Wildman–Crippen LogP) is 2.21. The first-order valence-electron chi connectivity index (χ1n) is 4.17. The smallest absolute Gasteiger partial charge is 0.131 e. The molecule has 1 heterocycles. The average molecular weight is 194 g/mol. The first kappa shape index (κ1) is 8.87. The van der Waals surface area contributed by atoms with Gasteiger partial charge in [0.15, 0.2) is 0 Å². The van der Waals surface area contributed by atoms with Crippen LogP contribution < -0.4 is 0 Å². The molecule has 0 saturated heterocycles. The molecule has 2 rings (SSSR count). The number of benzene rings is 1. The Morgan fingerprint density at radius 1 is 1.29 bits per heavy atom. The van der Waals surface area contributed by atoms with Gasteiger partial charge in [0, 0.05) is 24.0 Å². The molecule has 0 saturated carbocycles. The first-order valence-corrected chi connectivity index (χ1v) is 4.17. The van der Waals surface area contributed by atoms with Crippen LogP contribution in [-0.2, 0) is 6.54 Å². The van der Waals surface area contributed by atoms with Crippen LogP contribution in [0.5, 0.6) is 0 Å². The lowest BCUT2D eigenvalue weighted by Gasteiger charge is -2.03. The summed E-state index contributed by atoms with van der Waals surface area (Å²) in [5, 5.41) is 3.93. The molecule has 2 nitrogen and oxygen atoms in total. The zero-order valence-corrected chi connectivity index (χ0v) is 7.32. The maximum Gasteiger partial charge on any atom is 0.131 e. The topological polar surface area (TPSA) is 17.8 Å². The molecule has 0 radical (unpaired) electrons. The minimum absolute atomic E-state index is 0.319. The van der Waals surface area contributed by atoms with Crippen molar-refractivity contribution in [3.05, 3.63) is 53.9 Å². The average Bonchev–Trinajstić information content (AvgIpc) is 2.62. The summed E-state index contributed by atoms with van der Waals surface area (Å²) in [6.07, 6.45) is 3.34. The monoisotopic (exact) mass is 194 g/mol. The molecule has 0 aliphatic heterocycles. The Kier molecular flexibility index (Phi) is 2.26. The Bertz CT molecular complexity index is 424. The van der Waals surface area contributed by atoms with Crippen molar-refractivity contribution in [2.45, 2.75) is 6.54 Å². The fourth-order valence-electron chi connectivity index (χ4n) is 1.22. The van der Waals surface area contributed by atoms with E-state index in [1.807, 2.05) is 0 Å². The molecule has 14 heavy (non-hydrogen) atoms. The standard InChI is InChI=1S/C10H8F2N2/c11-9-3-2-8(10(12)6-9)7-14-5-1-4-13-14/h1-6H,7H2. The summed E-state index contributed by atoms with van der Waals surface area (Å²) in [7, 11) is 0. The van der Waals surface area contributed by atoms with Gasteiger partial charge in [-0.2, -0.15) is 5.10 Å². The Balaban J connectivity index is 2.25. The van der Waals surface area contributed by atoms with Crippen LogP contribution >= 0.6 is 0 Å². The van der Waals surface area contributed by atoms with Crippen LogP contribution in [0.4, 0.5) is 8.78 Å². The number of halogens is 2. The van der Waals surface area contributed by atoms with Crippen molar-refractivity contribution < 1.29 is 8.78 Å². The molecule has 0 fully saturated rings. The van der Waals surface area contributed by atoms with Crippen molar-refractivity contribution in [1.82, 2.24) is 9.78 Å². The number of hydrogen-bond donors (Lipinski definition) is 0. The van der Waals surface area contributed by atoms with Crippen molar-refractivity contribution >= 4 is 0 Å². The van der Waals surface area contributed by atoms with E-state index in [9.17, 15) is 8.78 Å². The molecule has 0 unspecified atom stereocenters. The van der Waals surface area contributed by atoms with E-state index >= 15 is 0 Å². The van der Waals surface area contributed by atoms with E-state index in [0.717, 1.165) is 6.07 Å². The van der Waals surface area contributed by atoms with Crippen LogP contribution in [0, 0.1) is 11.6 Å². The van der Waals surface area contributed by atoms with Crippen molar-refractivity contribution in [2.75, 3.05) is 0 Å². The lowest BCUT2D eigenvalue weighted by molar-refractivity contribution is 0.558. The minimum Gasteiger partial charge on any atom is -0.268 e. The number of rotatable bonds is 2. The Morgan fingerprint density at radius 2 is 2.14 bits per heavy atom. The largest absolute Gasteiger partial charge is 0.268 e. The second-order valence-corrected chi connectivity index (χ2v) is 2.94. The van der Waals surface area contributed by atoms with Crippen LogP contribution in [0.15, 0.2) is 36.7 Å². The molecule has 0 amide bonds. The van der Waals surface area contributed by atoms with E-state index in [4.69, 9.17) is 0 Å². The highest BCUT2D eigenvalue weighted by Gasteiger charge is 2.03. The van der Waals surface area contributed by atoms with Gasteiger partial charge in [-0.25, -0.2) is 8.78 Å². The van der Waals surface area contributed by atoms with Gasteiger partial charge in [-0.1, -0.05) is 6.07 Å². The van der Waals surface area contributed by atoms with Gasteiger partial charge < -0.3 is 0 Å². The third-order valence-electron chi connectivity index (χ3n) is 1.91. The molecule has 4 heteroatoms. The fourth-order valence-corrected chi connectivity index (χ4v) is 1.22. The number of nitrogens with zero attached hydrogens (tertiary/aromatic N) is 2. The normalized spacial score (nSPS) is 10.4. The molecule has 0 aliphatic rings. The van der Waals surface area contributed by atoms with Crippen molar-refractivity contribution in [3.63, 3.8) is 0 Å². The second-order valence-electron chi connectivity index (χ2n) is 2.94. The van der Waals surface area contributed by atoms with E-state index in [0.29, 0.717) is 12.1 Å². The zero-order chi connectivity index (χ0) is 9.97. The lowest BCUT2D eigenvalue weighted by Crippen LogP contribution is -2.02.